The van der Waals surface area contributed by atoms with Gasteiger partial charge in [-0.2, -0.15) is 0 Å². The maximum absolute atomic E-state index is 11.8. The van der Waals surface area contributed by atoms with E-state index in [1.165, 1.54) is 6.92 Å². The molecule has 0 unspecified atom stereocenters. The van der Waals surface area contributed by atoms with Crippen LogP contribution >= 0.6 is 23.2 Å². The fourth-order valence-corrected chi connectivity index (χ4v) is 2.23. The number of hydrogen-bond donors (Lipinski definition) is 2. The van der Waals surface area contributed by atoms with Crippen LogP contribution < -0.4 is 10.6 Å². The Hall–Kier alpha value is -2.04. The van der Waals surface area contributed by atoms with Crippen LogP contribution in [0.25, 0.3) is 0 Å². The van der Waals surface area contributed by atoms with Crippen molar-refractivity contribution in [1.82, 2.24) is 0 Å². The number of rotatable bonds is 3. The Morgan fingerprint density at radius 2 is 1.38 bits per heavy atom. The van der Waals surface area contributed by atoms with Crippen molar-refractivity contribution in [2.45, 2.75) is 6.92 Å². The number of benzene rings is 2. The number of anilines is 2. The largest absolute Gasteiger partial charge is 0.323 e. The zero-order valence-corrected chi connectivity index (χ0v) is 12.6. The van der Waals surface area contributed by atoms with E-state index in [0.717, 1.165) is 0 Å². The zero-order chi connectivity index (χ0) is 15.4. The molecule has 0 aliphatic rings. The Morgan fingerprint density at radius 3 is 1.90 bits per heavy atom. The number of amides is 2. The molecule has 0 aromatic heterocycles. The van der Waals surface area contributed by atoms with Crippen LogP contribution in [0.15, 0.2) is 42.5 Å². The molecule has 0 saturated carbocycles. The first-order valence-corrected chi connectivity index (χ1v) is 6.85. The molecule has 2 aromatic rings. The van der Waals surface area contributed by atoms with Gasteiger partial charge >= 0.3 is 6.03 Å². The predicted octanol–water partition coefficient (Wildman–Crippen LogP) is 4.84. The molecule has 0 atom stereocenters. The number of halogens is 2. The van der Waals surface area contributed by atoms with E-state index in [0.29, 0.717) is 27.0 Å². The van der Waals surface area contributed by atoms with Crippen LogP contribution in [0.4, 0.5) is 16.2 Å². The highest BCUT2D eigenvalue weighted by Crippen LogP contribution is 2.22. The lowest BCUT2D eigenvalue weighted by molar-refractivity contribution is 0.101. The number of urea groups is 1. The summed E-state index contributed by atoms with van der Waals surface area (Å²) in [7, 11) is 0. The second-order valence-electron chi connectivity index (χ2n) is 4.37. The van der Waals surface area contributed by atoms with Crippen molar-refractivity contribution < 1.29 is 9.59 Å². The molecule has 0 aliphatic heterocycles. The van der Waals surface area contributed by atoms with Crippen LogP contribution in [0.5, 0.6) is 0 Å². The summed E-state index contributed by atoms with van der Waals surface area (Å²) < 4.78 is 0. The van der Waals surface area contributed by atoms with E-state index in [4.69, 9.17) is 23.2 Å². The minimum atomic E-state index is -0.427. The molecule has 2 N–H and O–H groups in total. The number of nitrogens with one attached hydrogen (secondary N) is 2. The summed E-state index contributed by atoms with van der Waals surface area (Å²) in [5.74, 6) is -0.0282. The lowest BCUT2D eigenvalue weighted by Gasteiger charge is -2.08. The van der Waals surface area contributed by atoms with Gasteiger partial charge in [0, 0.05) is 27.0 Å². The van der Waals surface area contributed by atoms with Crippen LogP contribution in [0.1, 0.15) is 17.3 Å². The third-order valence-corrected chi connectivity index (χ3v) is 3.11. The summed E-state index contributed by atoms with van der Waals surface area (Å²) in [6.07, 6.45) is 0. The predicted molar refractivity (Wildman–Crippen MR) is 85.5 cm³/mol. The van der Waals surface area contributed by atoms with Crippen molar-refractivity contribution in [3.8, 4) is 0 Å². The second-order valence-corrected chi connectivity index (χ2v) is 5.24. The quantitative estimate of drug-likeness (QED) is 0.794. The first-order valence-electron chi connectivity index (χ1n) is 6.09. The molecule has 2 aromatic carbocycles. The third kappa shape index (κ3) is 4.48. The highest BCUT2D eigenvalue weighted by atomic mass is 35.5. The van der Waals surface area contributed by atoms with Gasteiger partial charge in [-0.15, -0.1) is 0 Å². The fourth-order valence-electron chi connectivity index (χ4n) is 1.71. The maximum Gasteiger partial charge on any atom is 0.323 e. The third-order valence-electron chi connectivity index (χ3n) is 2.67. The number of carbonyl (C=O) groups is 2. The molecule has 0 saturated heterocycles. The van der Waals surface area contributed by atoms with Gasteiger partial charge in [-0.05, 0) is 49.4 Å². The summed E-state index contributed by atoms with van der Waals surface area (Å²) >= 11 is 11.7. The van der Waals surface area contributed by atoms with E-state index < -0.39 is 6.03 Å². The van der Waals surface area contributed by atoms with Crippen LogP contribution in [-0.2, 0) is 0 Å². The molecular formula is C15H12Cl2N2O2. The van der Waals surface area contributed by atoms with E-state index in [2.05, 4.69) is 10.6 Å². The van der Waals surface area contributed by atoms with Crippen LogP contribution in [0, 0.1) is 0 Å². The van der Waals surface area contributed by atoms with Gasteiger partial charge in [-0.1, -0.05) is 23.2 Å². The minimum absolute atomic E-state index is 0.0282. The van der Waals surface area contributed by atoms with Crippen molar-refractivity contribution in [3.63, 3.8) is 0 Å². The zero-order valence-electron chi connectivity index (χ0n) is 11.1. The molecule has 21 heavy (non-hydrogen) atoms. The van der Waals surface area contributed by atoms with Crippen LogP contribution in [0.3, 0.4) is 0 Å². The van der Waals surface area contributed by atoms with E-state index in [9.17, 15) is 9.59 Å². The smallest absolute Gasteiger partial charge is 0.308 e. The van der Waals surface area contributed by atoms with Crippen molar-refractivity contribution in [3.05, 3.63) is 58.1 Å². The van der Waals surface area contributed by atoms with Gasteiger partial charge in [0.05, 0.1) is 0 Å². The molecule has 4 nitrogen and oxygen atoms in total. The minimum Gasteiger partial charge on any atom is -0.308 e. The summed E-state index contributed by atoms with van der Waals surface area (Å²) in [6.45, 7) is 1.48. The van der Waals surface area contributed by atoms with Crippen molar-refractivity contribution in [1.29, 1.82) is 0 Å². The summed E-state index contributed by atoms with van der Waals surface area (Å²) in [5, 5.41) is 6.14. The van der Waals surface area contributed by atoms with E-state index in [1.807, 2.05) is 0 Å². The van der Waals surface area contributed by atoms with Gasteiger partial charge in [0.2, 0.25) is 0 Å². The van der Waals surface area contributed by atoms with Gasteiger partial charge in [-0.3, -0.25) is 4.79 Å². The van der Waals surface area contributed by atoms with Crippen LogP contribution in [0.2, 0.25) is 10.0 Å². The molecule has 2 rings (SSSR count). The van der Waals surface area contributed by atoms with Gasteiger partial charge in [-0.25, -0.2) is 4.79 Å². The Bertz CT molecular complexity index is 664. The fraction of sp³-hybridized carbons (Fsp3) is 0.0667. The maximum atomic E-state index is 11.8. The van der Waals surface area contributed by atoms with E-state index in [-0.39, 0.29) is 5.78 Å². The highest BCUT2D eigenvalue weighted by molar-refractivity contribution is 6.35. The van der Waals surface area contributed by atoms with Crippen LogP contribution in [-0.4, -0.2) is 11.8 Å². The van der Waals surface area contributed by atoms with Gasteiger partial charge in [0.15, 0.2) is 5.78 Å². The van der Waals surface area contributed by atoms with E-state index in [1.54, 1.807) is 42.5 Å². The molecular weight excluding hydrogens is 311 g/mol. The van der Waals surface area contributed by atoms with Gasteiger partial charge < -0.3 is 10.6 Å². The topological polar surface area (TPSA) is 58.2 Å². The standard InChI is InChI=1S/C15H12Cl2N2O2/c1-9(20)10-2-4-13(5-3-10)18-15(21)19-14-7-11(16)6-12(17)8-14/h2-8H,1H3,(H2,18,19,21). The van der Waals surface area contributed by atoms with Crippen molar-refractivity contribution in [2.75, 3.05) is 10.6 Å². The SMILES string of the molecule is CC(=O)c1ccc(NC(=O)Nc2cc(Cl)cc(Cl)c2)cc1. The summed E-state index contributed by atoms with van der Waals surface area (Å²) in [4.78, 5) is 23.0. The lowest BCUT2D eigenvalue weighted by atomic mass is 10.1. The van der Waals surface area contributed by atoms with Crippen molar-refractivity contribution >= 4 is 46.4 Å². The number of Topliss-reactive ketones (excluding diaryl/α,β-unsaturated/α-hetero) is 1. The lowest BCUT2D eigenvalue weighted by Crippen LogP contribution is -2.19. The number of carbonyl (C=O) groups excluding carboxylic acids is 2. The Labute approximate surface area is 132 Å². The Morgan fingerprint density at radius 1 is 0.857 bits per heavy atom. The normalized spacial score (nSPS) is 10.0. The average Bonchev–Trinajstić information content (AvgIpc) is 2.37. The molecule has 108 valence electrons. The molecule has 6 heteroatoms. The molecule has 2 amide bonds. The highest BCUT2D eigenvalue weighted by Gasteiger charge is 2.05. The summed E-state index contributed by atoms with van der Waals surface area (Å²) in [6, 6.07) is 10.9. The van der Waals surface area contributed by atoms with Gasteiger partial charge in [0.25, 0.3) is 0 Å². The first-order chi connectivity index (χ1) is 9.94. The Balaban J connectivity index is 2.02. The second kappa shape index (κ2) is 6.61. The molecule has 0 fully saturated rings. The van der Waals surface area contributed by atoms with E-state index >= 15 is 0 Å². The molecule has 0 spiro atoms. The number of hydrogen-bond acceptors (Lipinski definition) is 2. The summed E-state index contributed by atoms with van der Waals surface area (Å²) in [5.41, 5.74) is 1.65. The average molecular weight is 323 g/mol. The number of ketones is 1. The first kappa shape index (κ1) is 15.4. The Kier molecular flexibility index (Phi) is 4.83. The van der Waals surface area contributed by atoms with Crippen molar-refractivity contribution in [2.24, 2.45) is 0 Å². The molecule has 0 aliphatic carbocycles. The molecule has 0 bridgehead atoms. The monoisotopic (exact) mass is 322 g/mol. The molecule has 0 radical (unpaired) electrons. The molecule has 0 heterocycles. The van der Waals surface area contributed by atoms with Gasteiger partial charge in [0.1, 0.15) is 0 Å².